The number of hydrogen-bond donors (Lipinski definition) is 1. The lowest BCUT2D eigenvalue weighted by atomic mass is 9.96. The van der Waals surface area contributed by atoms with E-state index in [-0.39, 0.29) is 23.8 Å². The highest BCUT2D eigenvalue weighted by Gasteiger charge is 2.26. The number of ether oxygens (including phenoxy) is 1. The van der Waals surface area contributed by atoms with Gasteiger partial charge in [0.2, 0.25) is 5.91 Å². The molecule has 1 heterocycles. The summed E-state index contributed by atoms with van der Waals surface area (Å²) in [6.45, 7) is 5.08. The topological polar surface area (TPSA) is 72.6 Å². The van der Waals surface area contributed by atoms with Gasteiger partial charge in [0.05, 0.1) is 6.10 Å². The van der Waals surface area contributed by atoms with E-state index in [2.05, 4.69) is 0 Å². The van der Waals surface area contributed by atoms with Gasteiger partial charge in [-0.2, -0.15) is 0 Å². The molecule has 1 aliphatic heterocycles. The zero-order valence-electron chi connectivity index (χ0n) is 12.5. The number of hydrogen-bond acceptors (Lipinski definition) is 3. The van der Waals surface area contributed by atoms with Crippen molar-refractivity contribution in [3.05, 3.63) is 29.8 Å². The maximum atomic E-state index is 12.4. The maximum Gasteiger partial charge on any atom is 0.253 e. The fourth-order valence-corrected chi connectivity index (χ4v) is 2.50. The third kappa shape index (κ3) is 3.97. The van der Waals surface area contributed by atoms with E-state index >= 15 is 0 Å². The highest BCUT2D eigenvalue weighted by atomic mass is 16.5. The quantitative estimate of drug-likeness (QED) is 0.919. The van der Waals surface area contributed by atoms with Crippen molar-refractivity contribution in [2.75, 3.05) is 13.1 Å². The smallest absolute Gasteiger partial charge is 0.253 e. The molecule has 5 nitrogen and oxygen atoms in total. The van der Waals surface area contributed by atoms with Gasteiger partial charge in [-0.1, -0.05) is 0 Å². The van der Waals surface area contributed by atoms with E-state index in [1.54, 1.807) is 17.0 Å². The van der Waals surface area contributed by atoms with Gasteiger partial charge in [0.15, 0.2) is 0 Å². The van der Waals surface area contributed by atoms with Crippen LogP contribution in [0.1, 0.15) is 37.0 Å². The van der Waals surface area contributed by atoms with Crippen LogP contribution in [-0.2, 0) is 4.79 Å². The Bertz CT molecular complexity index is 503. The summed E-state index contributed by atoms with van der Waals surface area (Å²) in [4.78, 5) is 25.3. The van der Waals surface area contributed by atoms with Crippen molar-refractivity contribution < 1.29 is 14.3 Å². The van der Waals surface area contributed by atoms with Gasteiger partial charge in [0, 0.05) is 24.6 Å². The molecule has 2 rings (SSSR count). The Labute approximate surface area is 125 Å². The molecule has 5 heteroatoms. The number of primary amides is 1. The number of carbonyl (C=O) groups is 2. The average Bonchev–Trinajstić information content (AvgIpc) is 2.47. The Morgan fingerprint density at radius 1 is 1.19 bits per heavy atom. The summed E-state index contributed by atoms with van der Waals surface area (Å²) in [6, 6.07) is 7.17. The zero-order chi connectivity index (χ0) is 15.4. The molecule has 1 aromatic carbocycles. The summed E-state index contributed by atoms with van der Waals surface area (Å²) in [5.74, 6) is 0.385. The standard InChI is InChI=1S/C16H22N2O3/c1-11(2)21-14-5-3-13(4-6-14)16(20)18-9-7-12(8-10-18)15(17)19/h3-6,11-12H,7-10H2,1-2H3,(H2,17,19). The SMILES string of the molecule is CC(C)Oc1ccc(C(=O)N2CCC(C(N)=O)CC2)cc1. The van der Waals surface area contributed by atoms with Gasteiger partial charge in [0.25, 0.3) is 5.91 Å². The average molecular weight is 290 g/mol. The van der Waals surface area contributed by atoms with Crippen molar-refractivity contribution in [1.82, 2.24) is 4.90 Å². The Morgan fingerprint density at radius 2 is 1.76 bits per heavy atom. The maximum absolute atomic E-state index is 12.4. The molecule has 21 heavy (non-hydrogen) atoms. The van der Waals surface area contributed by atoms with Gasteiger partial charge in [-0.15, -0.1) is 0 Å². The van der Waals surface area contributed by atoms with E-state index in [0.717, 1.165) is 5.75 Å². The van der Waals surface area contributed by atoms with Gasteiger partial charge in [-0.05, 0) is 51.0 Å². The first-order chi connectivity index (χ1) is 9.97. The number of rotatable bonds is 4. The number of benzene rings is 1. The van der Waals surface area contributed by atoms with Crippen LogP contribution in [0.2, 0.25) is 0 Å². The molecule has 1 fully saturated rings. The molecular formula is C16H22N2O3. The number of piperidine rings is 1. The second kappa shape index (κ2) is 6.61. The van der Waals surface area contributed by atoms with E-state index in [1.165, 1.54) is 0 Å². The largest absolute Gasteiger partial charge is 0.491 e. The molecule has 1 aliphatic rings. The Morgan fingerprint density at radius 3 is 2.24 bits per heavy atom. The first-order valence-electron chi connectivity index (χ1n) is 7.32. The first kappa shape index (κ1) is 15.4. The van der Waals surface area contributed by atoms with E-state index in [0.29, 0.717) is 31.5 Å². The summed E-state index contributed by atoms with van der Waals surface area (Å²) < 4.78 is 5.56. The molecule has 0 spiro atoms. The highest BCUT2D eigenvalue weighted by Crippen LogP contribution is 2.20. The van der Waals surface area contributed by atoms with Crippen molar-refractivity contribution in [1.29, 1.82) is 0 Å². The van der Waals surface area contributed by atoms with Crippen LogP contribution in [0.5, 0.6) is 5.75 Å². The number of likely N-dealkylation sites (tertiary alicyclic amines) is 1. The predicted molar refractivity (Wildman–Crippen MR) is 80.0 cm³/mol. The Kier molecular flexibility index (Phi) is 4.83. The third-order valence-corrected chi connectivity index (χ3v) is 3.66. The van der Waals surface area contributed by atoms with Crippen molar-refractivity contribution in [2.45, 2.75) is 32.8 Å². The molecule has 0 radical (unpaired) electrons. The lowest BCUT2D eigenvalue weighted by Crippen LogP contribution is -2.41. The molecular weight excluding hydrogens is 268 g/mol. The van der Waals surface area contributed by atoms with Crippen molar-refractivity contribution in [3.63, 3.8) is 0 Å². The van der Waals surface area contributed by atoms with Crippen LogP contribution in [0.4, 0.5) is 0 Å². The molecule has 114 valence electrons. The van der Waals surface area contributed by atoms with Crippen LogP contribution in [0.3, 0.4) is 0 Å². The second-order valence-electron chi connectivity index (χ2n) is 5.66. The lowest BCUT2D eigenvalue weighted by Gasteiger charge is -2.30. The molecule has 0 aromatic heterocycles. The Balaban J connectivity index is 1.96. The lowest BCUT2D eigenvalue weighted by molar-refractivity contribution is -0.123. The van der Waals surface area contributed by atoms with Gasteiger partial charge in [0.1, 0.15) is 5.75 Å². The summed E-state index contributed by atoms with van der Waals surface area (Å²) in [7, 11) is 0. The molecule has 2 N–H and O–H groups in total. The summed E-state index contributed by atoms with van der Waals surface area (Å²) in [5.41, 5.74) is 5.94. The molecule has 0 aliphatic carbocycles. The minimum Gasteiger partial charge on any atom is -0.491 e. The van der Waals surface area contributed by atoms with Crippen LogP contribution >= 0.6 is 0 Å². The van der Waals surface area contributed by atoms with Crippen molar-refractivity contribution in [2.24, 2.45) is 11.7 Å². The molecule has 0 atom stereocenters. The molecule has 0 unspecified atom stereocenters. The van der Waals surface area contributed by atoms with Crippen molar-refractivity contribution >= 4 is 11.8 Å². The summed E-state index contributed by atoms with van der Waals surface area (Å²) in [5, 5.41) is 0. The van der Waals surface area contributed by atoms with Gasteiger partial charge < -0.3 is 15.4 Å². The van der Waals surface area contributed by atoms with Crippen LogP contribution in [-0.4, -0.2) is 35.9 Å². The fourth-order valence-electron chi connectivity index (χ4n) is 2.50. The number of nitrogens with zero attached hydrogens (tertiary/aromatic N) is 1. The fraction of sp³-hybridized carbons (Fsp3) is 0.500. The number of nitrogens with two attached hydrogens (primary N) is 1. The summed E-state index contributed by atoms with van der Waals surface area (Å²) >= 11 is 0. The molecule has 0 saturated carbocycles. The van der Waals surface area contributed by atoms with E-state index in [4.69, 9.17) is 10.5 Å². The van der Waals surface area contributed by atoms with Gasteiger partial charge in [-0.25, -0.2) is 0 Å². The van der Waals surface area contributed by atoms with E-state index in [1.807, 2.05) is 26.0 Å². The minimum atomic E-state index is -0.266. The third-order valence-electron chi connectivity index (χ3n) is 3.66. The normalized spacial score (nSPS) is 16.0. The summed E-state index contributed by atoms with van der Waals surface area (Å²) in [6.07, 6.45) is 1.41. The van der Waals surface area contributed by atoms with Crippen LogP contribution in [0.25, 0.3) is 0 Å². The first-order valence-corrected chi connectivity index (χ1v) is 7.32. The monoisotopic (exact) mass is 290 g/mol. The minimum absolute atomic E-state index is 0.00554. The van der Waals surface area contributed by atoms with Crippen molar-refractivity contribution in [3.8, 4) is 5.75 Å². The Hall–Kier alpha value is -2.04. The molecule has 1 aromatic rings. The molecule has 0 bridgehead atoms. The number of amides is 2. The van der Waals surface area contributed by atoms with E-state index in [9.17, 15) is 9.59 Å². The highest BCUT2D eigenvalue weighted by molar-refractivity contribution is 5.94. The second-order valence-corrected chi connectivity index (χ2v) is 5.66. The van der Waals surface area contributed by atoms with Gasteiger partial charge in [-0.3, -0.25) is 9.59 Å². The zero-order valence-corrected chi connectivity index (χ0v) is 12.5. The number of carbonyl (C=O) groups excluding carboxylic acids is 2. The van der Waals surface area contributed by atoms with Crippen LogP contribution in [0, 0.1) is 5.92 Å². The van der Waals surface area contributed by atoms with Crippen LogP contribution in [0.15, 0.2) is 24.3 Å². The predicted octanol–water partition coefficient (Wildman–Crippen LogP) is 1.81. The molecule has 2 amide bonds. The van der Waals surface area contributed by atoms with E-state index < -0.39 is 0 Å². The molecule has 1 saturated heterocycles. The van der Waals surface area contributed by atoms with Gasteiger partial charge >= 0.3 is 0 Å². The van der Waals surface area contributed by atoms with Crippen LogP contribution < -0.4 is 10.5 Å².